The minimum Gasteiger partial charge on any atom is -0.444 e. The first kappa shape index (κ1) is 24.0. The van der Waals surface area contributed by atoms with E-state index in [4.69, 9.17) is 14.0 Å². The number of rotatable bonds is 4. The molecule has 1 aromatic rings. The van der Waals surface area contributed by atoms with E-state index in [1.165, 1.54) is 17.0 Å². The van der Waals surface area contributed by atoms with Gasteiger partial charge in [-0.2, -0.15) is 0 Å². The molecule has 0 radical (unpaired) electrons. The molecule has 1 amide bonds. The van der Waals surface area contributed by atoms with Gasteiger partial charge in [-0.1, -0.05) is 12.1 Å². The summed E-state index contributed by atoms with van der Waals surface area (Å²) < 4.78 is 45.8. The van der Waals surface area contributed by atoms with Crippen molar-refractivity contribution >= 4 is 28.7 Å². The standard InChI is InChI=1S/C21H33BN2O6S/c1-18(2,3)28-17(25)24-13-21(8,14-24)23-31(26,27)16-11-9-15(10-12-16)22-29-19(4,5)20(6,7)30-22/h9-12,23H,13-14H2,1-8H3. The number of hydrogen-bond acceptors (Lipinski definition) is 6. The van der Waals surface area contributed by atoms with Crippen LogP contribution in [-0.2, 0) is 24.1 Å². The Kier molecular flexibility index (Phi) is 5.79. The molecule has 1 aromatic carbocycles. The van der Waals surface area contributed by atoms with Crippen LogP contribution >= 0.6 is 0 Å². The van der Waals surface area contributed by atoms with E-state index in [1.807, 2.05) is 27.7 Å². The molecular weight excluding hydrogens is 419 g/mol. The Morgan fingerprint density at radius 3 is 1.97 bits per heavy atom. The highest BCUT2D eigenvalue weighted by Crippen LogP contribution is 2.36. The maximum Gasteiger partial charge on any atom is 0.494 e. The Labute approximate surface area is 185 Å². The zero-order valence-corrected chi connectivity index (χ0v) is 20.4. The second kappa shape index (κ2) is 7.47. The lowest BCUT2D eigenvalue weighted by Gasteiger charge is -2.47. The third kappa shape index (κ3) is 5.08. The van der Waals surface area contributed by atoms with Crippen molar-refractivity contribution in [2.75, 3.05) is 13.1 Å². The molecule has 2 aliphatic heterocycles. The zero-order chi connectivity index (χ0) is 23.5. The normalized spacial score (nSPS) is 22.2. The van der Waals surface area contributed by atoms with E-state index in [1.54, 1.807) is 39.8 Å². The van der Waals surface area contributed by atoms with Crippen molar-refractivity contribution in [3.05, 3.63) is 24.3 Å². The van der Waals surface area contributed by atoms with Gasteiger partial charge in [-0.05, 0) is 73.0 Å². The van der Waals surface area contributed by atoms with E-state index in [9.17, 15) is 13.2 Å². The van der Waals surface area contributed by atoms with E-state index in [-0.39, 0.29) is 18.0 Å². The van der Waals surface area contributed by atoms with Crippen molar-refractivity contribution in [2.24, 2.45) is 0 Å². The third-order valence-electron chi connectivity index (χ3n) is 5.83. The number of hydrogen-bond donors (Lipinski definition) is 1. The van der Waals surface area contributed by atoms with Crippen molar-refractivity contribution in [3.63, 3.8) is 0 Å². The van der Waals surface area contributed by atoms with E-state index in [2.05, 4.69) is 4.72 Å². The van der Waals surface area contributed by atoms with Crippen LogP contribution in [0, 0.1) is 0 Å². The quantitative estimate of drug-likeness (QED) is 0.705. The minimum absolute atomic E-state index is 0.143. The number of sulfonamides is 1. The second-order valence-corrected chi connectivity index (χ2v) is 12.3. The SMILES string of the molecule is CC1(NS(=O)(=O)c2ccc(B3OC(C)(C)C(C)(C)O3)cc2)CN(C(=O)OC(C)(C)C)C1. The van der Waals surface area contributed by atoms with Gasteiger partial charge in [0, 0.05) is 13.1 Å². The lowest BCUT2D eigenvalue weighted by atomic mass is 9.79. The number of carbonyl (C=O) groups excluding carboxylic acids is 1. The molecule has 8 nitrogen and oxygen atoms in total. The average molecular weight is 452 g/mol. The van der Waals surface area contributed by atoms with Crippen LogP contribution < -0.4 is 10.2 Å². The van der Waals surface area contributed by atoms with Gasteiger partial charge in [0.2, 0.25) is 10.0 Å². The number of nitrogens with one attached hydrogen (secondary N) is 1. The van der Waals surface area contributed by atoms with Crippen LogP contribution in [0.1, 0.15) is 55.4 Å². The predicted octanol–water partition coefficient (Wildman–Crippen LogP) is 2.27. The molecule has 1 N–H and O–H groups in total. The topological polar surface area (TPSA) is 94.2 Å². The first-order chi connectivity index (χ1) is 13.9. The van der Waals surface area contributed by atoms with E-state index < -0.39 is 45.6 Å². The second-order valence-electron chi connectivity index (χ2n) is 10.7. The van der Waals surface area contributed by atoms with Gasteiger partial charge in [0.15, 0.2) is 0 Å². The highest BCUT2D eigenvalue weighted by atomic mass is 32.2. The predicted molar refractivity (Wildman–Crippen MR) is 119 cm³/mol. The first-order valence-corrected chi connectivity index (χ1v) is 11.9. The minimum atomic E-state index is -3.76. The van der Waals surface area contributed by atoms with Gasteiger partial charge in [0.25, 0.3) is 0 Å². The number of amides is 1. The molecule has 2 saturated heterocycles. The van der Waals surface area contributed by atoms with Crippen LogP contribution in [0.3, 0.4) is 0 Å². The highest BCUT2D eigenvalue weighted by molar-refractivity contribution is 7.89. The van der Waals surface area contributed by atoms with Crippen LogP contribution in [0.2, 0.25) is 0 Å². The fraction of sp³-hybridized carbons (Fsp3) is 0.667. The molecule has 0 atom stereocenters. The average Bonchev–Trinajstić information content (AvgIpc) is 2.78. The van der Waals surface area contributed by atoms with Crippen molar-refractivity contribution < 1.29 is 27.3 Å². The summed E-state index contributed by atoms with van der Waals surface area (Å²) in [6.45, 7) is 15.5. The Morgan fingerprint density at radius 2 is 1.52 bits per heavy atom. The maximum absolute atomic E-state index is 12.9. The summed E-state index contributed by atoms with van der Waals surface area (Å²) in [7, 11) is -4.31. The van der Waals surface area contributed by atoms with E-state index in [0.29, 0.717) is 0 Å². The van der Waals surface area contributed by atoms with E-state index >= 15 is 0 Å². The summed E-state index contributed by atoms with van der Waals surface area (Å²) in [6.07, 6.45) is -0.448. The van der Waals surface area contributed by atoms with Crippen molar-refractivity contribution in [3.8, 4) is 0 Å². The fourth-order valence-electron chi connectivity index (χ4n) is 3.48. The molecule has 2 fully saturated rings. The Morgan fingerprint density at radius 1 is 1.03 bits per heavy atom. The van der Waals surface area contributed by atoms with Gasteiger partial charge in [0.05, 0.1) is 21.6 Å². The Balaban J connectivity index is 1.64. The molecule has 0 bridgehead atoms. The zero-order valence-electron chi connectivity index (χ0n) is 19.6. The van der Waals surface area contributed by atoms with Gasteiger partial charge >= 0.3 is 13.2 Å². The van der Waals surface area contributed by atoms with Gasteiger partial charge in [-0.3, -0.25) is 0 Å². The third-order valence-corrected chi connectivity index (χ3v) is 7.48. The van der Waals surface area contributed by atoms with Crippen LogP contribution in [0.15, 0.2) is 29.2 Å². The van der Waals surface area contributed by atoms with Gasteiger partial charge in [0.1, 0.15) is 5.60 Å². The Hall–Kier alpha value is -1.62. The largest absolute Gasteiger partial charge is 0.494 e. The van der Waals surface area contributed by atoms with Gasteiger partial charge in [-0.15, -0.1) is 0 Å². The highest BCUT2D eigenvalue weighted by Gasteiger charge is 2.52. The molecule has 31 heavy (non-hydrogen) atoms. The summed E-state index contributed by atoms with van der Waals surface area (Å²) in [5.41, 5.74) is -1.53. The molecule has 2 aliphatic rings. The first-order valence-electron chi connectivity index (χ1n) is 10.4. The number of carbonyl (C=O) groups is 1. The molecule has 3 rings (SSSR count). The molecular formula is C21H33BN2O6S. The van der Waals surface area contributed by atoms with Crippen LogP contribution in [-0.4, -0.2) is 62.0 Å². The molecule has 0 aromatic heterocycles. The number of nitrogens with zero attached hydrogens (tertiary/aromatic N) is 1. The number of benzene rings is 1. The van der Waals surface area contributed by atoms with Gasteiger partial charge in [-0.25, -0.2) is 17.9 Å². The van der Waals surface area contributed by atoms with E-state index in [0.717, 1.165) is 5.46 Å². The van der Waals surface area contributed by atoms with Crippen molar-refractivity contribution in [1.82, 2.24) is 9.62 Å². The lowest BCUT2D eigenvalue weighted by Crippen LogP contribution is -2.69. The summed E-state index contributed by atoms with van der Waals surface area (Å²) in [5, 5.41) is 0. The lowest BCUT2D eigenvalue weighted by molar-refractivity contribution is -0.00776. The number of likely N-dealkylation sites (tertiary alicyclic amines) is 1. The maximum atomic E-state index is 12.9. The summed E-state index contributed by atoms with van der Waals surface area (Å²) >= 11 is 0. The van der Waals surface area contributed by atoms with Crippen LogP contribution in [0.4, 0.5) is 4.79 Å². The Bertz CT molecular complexity index is 931. The monoisotopic (exact) mass is 452 g/mol. The van der Waals surface area contributed by atoms with Crippen molar-refractivity contribution in [2.45, 2.75) is 82.6 Å². The van der Waals surface area contributed by atoms with Crippen molar-refractivity contribution in [1.29, 1.82) is 0 Å². The summed E-state index contributed by atoms with van der Waals surface area (Å²) in [5.74, 6) is 0. The summed E-state index contributed by atoms with van der Waals surface area (Å²) in [6, 6.07) is 6.48. The molecule has 0 spiro atoms. The summed E-state index contributed by atoms with van der Waals surface area (Å²) in [4.78, 5) is 13.7. The molecule has 10 heteroatoms. The molecule has 172 valence electrons. The smallest absolute Gasteiger partial charge is 0.444 e. The fourth-order valence-corrected chi connectivity index (χ4v) is 4.87. The van der Waals surface area contributed by atoms with Crippen LogP contribution in [0.25, 0.3) is 0 Å². The number of ether oxygens (including phenoxy) is 1. The van der Waals surface area contributed by atoms with Crippen LogP contribution in [0.5, 0.6) is 0 Å². The molecule has 0 saturated carbocycles. The molecule has 0 aliphatic carbocycles. The molecule has 0 unspecified atom stereocenters. The van der Waals surface area contributed by atoms with Gasteiger partial charge < -0.3 is 18.9 Å². The molecule has 2 heterocycles.